The minimum absolute atomic E-state index is 0.0757. The number of rotatable bonds is 12. The Morgan fingerprint density at radius 3 is 1.63 bits per heavy atom. The lowest BCUT2D eigenvalue weighted by atomic mass is 10.00. The monoisotopic (exact) mass is 804 g/mol. The van der Waals surface area contributed by atoms with Gasteiger partial charge in [0.15, 0.2) is 11.4 Å². The zero-order valence-corrected chi connectivity index (χ0v) is 31.9. The van der Waals surface area contributed by atoms with E-state index in [1.165, 1.54) is 32.0 Å². The van der Waals surface area contributed by atoms with E-state index < -0.39 is 29.0 Å². The van der Waals surface area contributed by atoms with Crippen molar-refractivity contribution in [1.29, 1.82) is 0 Å². The zero-order valence-electron chi connectivity index (χ0n) is 30.4. The molecule has 0 saturated heterocycles. The fourth-order valence-electron chi connectivity index (χ4n) is 5.87. The standard InChI is InChI=1S/C41H34Cl2N8O6/c1-22(52)38(50-46-21-26-15-33-29(16-31(26)42)27(18-36(54)47-33)24-9-5-3-6-10-24)40(56)44-13-14-45-41(57)39(23(2)53)51-49-35-20-34-30(17-32(35)43)28(19-37(55)48-34)25-11-7-4-8-12-25/h3-12,15-20,52-53H,13-14,21H2,1-2H3,(H,44,56)(H,45,57)(H,47,54)(H,48,55). The Morgan fingerprint density at radius 2 is 1.12 bits per heavy atom. The van der Waals surface area contributed by atoms with E-state index in [9.17, 15) is 29.4 Å². The third-order valence-electron chi connectivity index (χ3n) is 8.57. The molecule has 4 aromatic carbocycles. The molecule has 16 heteroatoms. The number of halogens is 2. The average Bonchev–Trinajstić information content (AvgIpc) is 3.18. The van der Waals surface area contributed by atoms with Crippen molar-refractivity contribution < 1.29 is 19.8 Å². The number of azo groups is 2. The van der Waals surface area contributed by atoms with Gasteiger partial charge in [0.2, 0.25) is 11.1 Å². The summed E-state index contributed by atoms with van der Waals surface area (Å²) >= 11 is 13.1. The quantitative estimate of drug-likeness (QED) is 0.0308. The second-order valence-electron chi connectivity index (χ2n) is 12.6. The Labute approximate surface area is 334 Å². The summed E-state index contributed by atoms with van der Waals surface area (Å²) in [6, 6.07) is 28.2. The number of aliphatic hydroxyl groups is 2. The van der Waals surface area contributed by atoms with Crippen LogP contribution in [0.3, 0.4) is 0 Å². The molecule has 288 valence electrons. The van der Waals surface area contributed by atoms with Gasteiger partial charge in [-0.1, -0.05) is 83.9 Å². The lowest BCUT2D eigenvalue weighted by Crippen LogP contribution is -2.35. The second kappa shape index (κ2) is 17.7. The first kappa shape index (κ1) is 39.8. The van der Waals surface area contributed by atoms with Crippen LogP contribution in [0.25, 0.3) is 44.1 Å². The molecule has 0 fully saturated rings. The number of aromatic amines is 2. The Bertz CT molecular complexity index is 2750. The Morgan fingerprint density at radius 1 is 0.649 bits per heavy atom. The molecule has 0 bridgehead atoms. The molecular weight excluding hydrogens is 771 g/mol. The summed E-state index contributed by atoms with van der Waals surface area (Å²) in [6.45, 7) is 2.23. The predicted octanol–water partition coefficient (Wildman–Crippen LogP) is 8.56. The first-order valence-electron chi connectivity index (χ1n) is 17.4. The molecule has 0 spiro atoms. The minimum atomic E-state index is -0.803. The molecule has 2 heterocycles. The highest BCUT2D eigenvalue weighted by atomic mass is 35.5. The van der Waals surface area contributed by atoms with Crippen molar-refractivity contribution in [3.8, 4) is 22.3 Å². The highest BCUT2D eigenvalue weighted by Crippen LogP contribution is 2.35. The van der Waals surface area contributed by atoms with Crippen LogP contribution in [0, 0.1) is 0 Å². The van der Waals surface area contributed by atoms with E-state index in [0.29, 0.717) is 38.1 Å². The molecule has 0 atom stereocenters. The minimum Gasteiger partial charge on any atom is -0.510 e. The van der Waals surface area contributed by atoms with Crippen molar-refractivity contribution in [2.45, 2.75) is 20.4 Å². The van der Waals surface area contributed by atoms with E-state index >= 15 is 0 Å². The summed E-state index contributed by atoms with van der Waals surface area (Å²) in [5.74, 6) is -2.42. The van der Waals surface area contributed by atoms with Crippen LogP contribution in [-0.4, -0.2) is 45.1 Å². The fourth-order valence-corrected chi connectivity index (χ4v) is 6.29. The zero-order chi connectivity index (χ0) is 40.6. The van der Waals surface area contributed by atoms with Crippen molar-refractivity contribution in [3.63, 3.8) is 0 Å². The smallest absolute Gasteiger partial charge is 0.275 e. The van der Waals surface area contributed by atoms with Gasteiger partial charge in [0.25, 0.3) is 11.8 Å². The first-order valence-corrected chi connectivity index (χ1v) is 18.1. The maximum Gasteiger partial charge on any atom is 0.275 e. The molecule has 14 nitrogen and oxygen atoms in total. The largest absolute Gasteiger partial charge is 0.510 e. The van der Waals surface area contributed by atoms with E-state index in [1.54, 1.807) is 18.2 Å². The SMILES string of the molecule is CC(O)=C(N=NCc1cc2[nH]c(=O)cc(-c3ccccc3)c2cc1Cl)C(=O)NCCNC(=O)C(N=Nc1cc2[nH]c(=O)cc(-c3ccccc3)c2cc1Cl)=C(C)O. The number of fused-ring (bicyclic) bond motifs is 2. The van der Waals surface area contributed by atoms with E-state index in [0.717, 1.165) is 16.5 Å². The van der Waals surface area contributed by atoms with Gasteiger partial charge in [-0.2, -0.15) is 5.11 Å². The maximum absolute atomic E-state index is 12.9. The number of allylic oxidation sites excluding steroid dienone is 2. The Kier molecular flexibility index (Phi) is 12.4. The highest BCUT2D eigenvalue weighted by Gasteiger charge is 2.17. The summed E-state index contributed by atoms with van der Waals surface area (Å²) in [6.07, 6.45) is 0. The molecule has 2 amide bonds. The van der Waals surface area contributed by atoms with Gasteiger partial charge in [-0.05, 0) is 65.9 Å². The molecule has 0 radical (unpaired) electrons. The molecule has 57 heavy (non-hydrogen) atoms. The normalized spacial score (nSPS) is 12.6. The molecule has 6 N–H and O–H groups in total. The third-order valence-corrected chi connectivity index (χ3v) is 9.23. The van der Waals surface area contributed by atoms with Crippen LogP contribution in [0.15, 0.2) is 150 Å². The van der Waals surface area contributed by atoms with Gasteiger partial charge in [0.1, 0.15) is 17.2 Å². The molecule has 6 aromatic rings. The number of aliphatic hydroxyl groups excluding tert-OH is 2. The number of nitrogens with one attached hydrogen (secondary N) is 4. The number of pyridine rings is 2. The first-order chi connectivity index (χ1) is 27.4. The van der Waals surface area contributed by atoms with Gasteiger partial charge in [-0.25, -0.2) is 0 Å². The number of aromatic nitrogens is 2. The van der Waals surface area contributed by atoms with Crippen molar-refractivity contribution in [1.82, 2.24) is 20.6 Å². The molecular formula is C41H34Cl2N8O6. The van der Waals surface area contributed by atoms with Crippen molar-refractivity contribution in [2.75, 3.05) is 13.1 Å². The predicted molar refractivity (Wildman–Crippen MR) is 220 cm³/mol. The topological polar surface area (TPSA) is 214 Å². The summed E-state index contributed by atoms with van der Waals surface area (Å²) < 4.78 is 0. The molecule has 0 aliphatic heterocycles. The lowest BCUT2D eigenvalue weighted by Gasteiger charge is -2.10. The van der Waals surface area contributed by atoms with Crippen LogP contribution in [-0.2, 0) is 16.1 Å². The van der Waals surface area contributed by atoms with Crippen LogP contribution >= 0.6 is 23.2 Å². The second-order valence-corrected chi connectivity index (χ2v) is 13.5. The van der Waals surface area contributed by atoms with Crippen LogP contribution in [0.1, 0.15) is 19.4 Å². The Hall–Kier alpha value is -6.90. The third kappa shape index (κ3) is 9.50. The average molecular weight is 806 g/mol. The van der Waals surface area contributed by atoms with E-state index in [4.69, 9.17) is 23.2 Å². The molecule has 0 saturated carbocycles. The fraction of sp³-hybridized carbons (Fsp3) is 0.122. The van der Waals surface area contributed by atoms with Crippen LogP contribution in [0.4, 0.5) is 5.69 Å². The number of carbonyl (C=O) groups excluding carboxylic acids is 2. The van der Waals surface area contributed by atoms with Crippen molar-refractivity contribution in [2.24, 2.45) is 20.5 Å². The van der Waals surface area contributed by atoms with Crippen LogP contribution in [0.2, 0.25) is 10.0 Å². The van der Waals surface area contributed by atoms with Crippen LogP contribution < -0.4 is 21.8 Å². The number of amides is 2. The number of hydrogen-bond donors (Lipinski definition) is 6. The highest BCUT2D eigenvalue weighted by molar-refractivity contribution is 6.34. The Balaban J connectivity index is 1.07. The summed E-state index contributed by atoms with van der Waals surface area (Å²) in [4.78, 5) is 56.3. The summed E-state index contributed by atoms with van der Waals surface area (Å²) in [7, 11) is 0. The maximum atomic E-state index is 12.9. The van der Waals surface area contributed by atoms with E-state index in [-0.39, 0.29) is 47.2 Å². The lowest BCUT2D eigenvalue weighted by molar-refractivity contribution is -0.119. The van der Waals surface area contributed by atoms with Crippen LogP contribution in [0.5, 0.6) is 0 Å². The molecule has 2 aromatic heterocycles. The van der Waals surface area contributed by atoms with E-state index in [1.807, 2.05) is 60.7 Å². The number of H-pyrrole nitrogens is 2. The molecule has 0 aliphatic rings. The van der Waals surface area contributed by atoms with Gasteiger partial charge in [-0.15, -0.1) is 15.3 Å². The number of nitrogens with zero attached hydrogens (tertiary/aromatic N) is 4. The summed E-state index contributed by atoms with van der Waals surface area (Å²) in [5, 5.41) is 43.4. The van der Waals surface area contributed by atoms with Gasteiger partial charge in [-0.3, -0.25) is 19.2 Å². The van der Waals surface area contributed by atoms with Crippen molar-refractivity contribution in [3.05, 3.63) is 156 Å². The van der Waals surface area contributed by atoms with Crippen molar-refractivity contribution >= 4 is 62.5 Å². The van der Waals surface area contributed by atoms with Gasteiger partial charge < -0.3 is 30.8 Å². The number of carbonyl (C=O) groups is 2. The van der Waals surface area contributed by atoms with E-state index in [2.05, 4.69) is 41.1 Å². The number of hydrogen-bond acceptors (Lipinski definition) is 10. The number of benzene rings is 4. The van der Waals surface area contributed by atoms with Gasteiger partial charge in [0, 0.05) is 46.5 Å². The summed E-state index contributed by atoms with van der Waals surface area (Å²) in [5.41, 5.74) is 3.24. The van der Waals surface area contributed by atoms with Gasteiger partial charge in [0.05, 0.1) is 17.1 Å². The molecule has 0 unspecified atom stereocenters. The molecule has 0 aliphatic carbocycles. The van der Waals surface area contributed by atoms with Gasteiger partial charge >= 0.3 is 0 Å². The molecule has 6 rings (SSSR count).